The second kappa shape index (κ2) is 51.8. The lowest BCUT2D eigenvalue weighted by molar-refractivity contribution is -0.327. The van der Waals surface area contributed by atoms with Crippen LogP contribution in [0, 0.1) is 50.9 Å². The van der Waals surface area contributed by atoms with Gasteiger partial charge in [0.2, 0.25) is 0 Å². The number of hydrogen-bond donors (Lipinski definition) is 0. The first-order valence-corrected chi connectivity index (χ1v) is 34.3. The van der Waals surface area contributed by atoms with E-state index in [1.165, 1.54) is 85.9 Å². The first-order chi connectivity index (χ1) is 35.3. The molecule has 0 spiro atoms. The molecule has 0 saturated heterocycles. The maximum absolute atomic E-state index is 11.6. The molecule has 0 radical (unpaired) electrons. The van der Waals surface area contributed by atoms with Crippen LogP contribution >= 0.6 is 34.4 Å². The maximum atomic E-state index is 11.6. The van der Waals surface area contributed by atoms with Gasteiger partial charge < -0.3 is 4.74 Å². The topological polar surface area (TPSA) is 9.23 Å². The number of allylic oxidation sites excluding steroid dienone is 2. The van der Waals surface area contributed by atoms with Crippen LogP contribution in [0.3, 0.4) is 0 Å². The Morgan fingerprint density at radius 1 is 0.532 bits per heavy atom. The molecule has 1 saturated carbocycles. The Labute approximate surface area is 499 Å². The second-order valence-electron chi connectivity index (χ2n) is 22.7. The summed E-state index contributed by atoms with van der Waals surface area (Å²) in [5, 5.41) is 0. The van der Waals surface area contributed by atoms with Crippen molar-refractivity contribution in [1.29, 1.82) is 0 Å². The van der Waals surface area contributed by atoms with E-state index in [4.69, 9.17) is 0 Å². The molecule has 1 nitrogen and oxygen atoms in total. The number of halogens is 6. The number of thiophene rings is 2. The predicted octanol–water partition coefficient (Wildman–Crippen LogP) is 26.7. The van der Waals surface area contributed by atoms with Crippen LogP contribution in [-0.2, 0) is 4.74 Å². The molecule has 0 aliphatic heterocycles. The minimum Gasteiger partial charge on any atom is -0.388 e. The summed E-state index contributed by atoms with van der Waals surface area (Å²) < 4.78 is 73.9. The van der Waals surface area contributed by atoms with Gasteiger partial charge in [-0.2, -0.15) is 38.1 Å². The average molecular weight is 1190 g/mol. The molecule has 0 amide bonds. The van der Waals surface area contributed by atoms with Gasteiger partial charge in [-0.3, -0.25) is 0 Å². The lowest BCUT2D eigenvalue weighted by atomic mass is 9.78. The molecule has 0 unspecified atom stereocenters. The zero-order chi connectivity index (χ0) is 61.7. The molecule has 0 atom stereocenters. The molecule has 462 valence electrons. The Kier molecular flexibility index (Phi) is 60.5. The van der Waals surface area contributed by atoms with Crippen molar-refractivity contribution < 1.29 is 31.1 Å². The largest absolute Gasteiger partial charge is 0.402 e. The van der Waals surface area contributed by atoms with Gasteiger partial charge in [0.15, 0.2) is 5.41 Å². The minimum absolute atomic E-state index is 0. The summed E-state index contributed by atoms with van der Waals surface area (Å²) in [4.78, 5) is 5.56. The Bertz CT molecular complexity index is 1910. The van der Waals surface area contributed by atoms with Crippen molar-refractivity contribution in [2.24, 2.45) is 16.2 Å². The van der Waals surface area contributed by atoms with Crippen molar-refractivity contribution in [3.05, 3.63) is 142 Å². The predicted molar refractivity (Wildman–Crippen MR) is 360 cm³/mol. The standard InChI is InChI=1S/C14H14.C10H10S2.C8H16.C7H8.C5H6F6.C5H12.C4H12Si.C4H8.C3H8.C2H6O.C2H6S.C2H6.2CH4/c1-11-3-7-13(8-4-11)14-9-5-12(2)6-10-14;1-7-3-5-9(11-7)10-6-4-8(2)12-10;1-8(2)6-4-3-5-7-8;1-7-5-3-2-4-6-7;1-3(2,4(6,7)8)5(9,10)11;2*1-5(2,3)4;1-3-4-2;3*1-3-2;1-2;;/h3-10H,1-2H3;3-6H,1-2H3;3-7H2,1-2H3;2-6H,1H3;1-2H3;2*1-4H3;3-4H,1-2H3;3H2,1-2H3;2*1-2H3;1-2H3;2*1H4. The number of hydrogen-bond acceptors (Lipinski definition) is 4. The van der Waals surface area contributed by atoms with Gasteiger partial charge in [0.1, 0.15) is 0 Å². The normalized spacial score (nSPS) is 11.9. The van der Waals surface area contributed by atoms with Crippen LogP contribution in [0.2, 0.25) is 26.2 Å². The Morgan fingerprint density at radius 2 is 0.772 bits per heavy atom. The summed E-state index contributed by atoms with van der Waals surface area (Å²) >= 11 is 5.48. The molecule has 0 bridgehead atoms. The number of benzene rings is 3. The zero-order valence-electron chi connectivity index (χ0n) is 53.6. The summed E-state index contributed by atoms with van der Waals surface area (Å²) in [7, 11) is 2.64. The smallest absolute Gasteiger partial charge is 0.388 e. The van der Waals surface area contributed by atoms with E-state index in [1.807, 2.05) is 93.2 Å². The highest BCUT2D eigenvalue weighted by molar-refractivity contribution is 7.97. The number of thioether (sulfide) groups is 1. The van der Waals surface area contributed by atoms with E-state index in [-0.39, 0.29) is 28.7 Å². The maximum Gasteiger partial charge on any atom is 0.402 e. The highest BCUT2D eigenvalue weighted by Gasteiger charge is 2.64. The zero-order valence-corrected chi connectivity index (χ0v) is 57.1. The molecule has 1 fully saturated rings. The third-order valence-corrected chi connectivity index (χ3v) is 11.3. The van der Waals surface area contributed by atoms with Crippen molar-refractivity contribution >= 4 is 42.5 Å². The summed E-state index contributed by atoms with van der Waals surface area (Å²) in [5.41, 5.74) is 4.06. The van der Waals surface area contributed by atoms with Gasteiger partial charge in [0.05, 0.1) is 0 Å². The van der Waals surface area contributed by atoms with Crippen LogP contribution in [0.4, 0.5) is 26.3 Å². The molecule has 5 aromatic rings. The first kappa shape index (κ1) is 92.4. The number of methoxy groups -OCH3 is 1. The SMILES string of the molecule is C.C.CC.CC(C)(C(F)(F)F)C(F)(F)F.CC(C)(C)C.CC1(C)CCCCC1.CC=CC.CCC.COC.CSC.C[Si](C)(C)C.Cc1ccc(-c2ccc(C)cc2)cc1.Cc1ccc(-c2ccc(C)s2)s1.Cc1ccccc1. The third kappa shape index (κ3) is 62.4. The fraction of sp³-hybridized carbons (Fsp3) is 0.588. The van der Waals surface area contributed by atoms with Gasteiger partial charge in [0, 0.05) is 41.8 Å². The number of alkyl halides is 6. The Morgan fingerprint density at radius 3 is 0.911 bits per heavy atom. The van der Waals surface area contributed by atoms with Gasteiger partial charge in [-0.25, -0.2) is 0 Å². The summed E-state index contributed by atoms with van der Waals surface area (Å²) in [6.07, 6.45) is 6.15. The summed E-state index contributed by atoms with van der Waals surface area (Å²) in [6, 6.07) is 36.3. The van der Waals surface area contributed by atoms with Gasteiger partial charge in [-0.1, -0.05) is 244 Å². The molecule has 1 aliphatic rings. The molecular weight excluding hydrogens is 1070 g/mol. The molecule has 11 heteroatoms. The van der Waals surface area contributed by atoms with Crippen LogP contribution in [0.15, 0.2) is 115 Å². The molecular formula is C68H120F6OS3Si. The first-order valence-electron chi connectivity index (χ1n) is 27.1. The van der Waals surface area contributed by atoms with E-state index in [0.717, 1.165) is 0 Å². The van der Waals surface area contributed by atoms with Crippen molar-refractivity contribution in [2.45, 2.75) is 223 Å². The van der Waals surface area contributed by atoms with Crippen molar-refractivity contribution in [3.63, 3.8) is 0 Å². The highest BCUT2D eigenvalue weighted by atomic mass is 32.2. The van der Waals surface area contributed by atoms with Crippen molar-refractivity contribution in [1.82, 2.24) is 0 Å². The fourth-order valence-electron chi connectivity index (χ4n) is 4.83. The van der Waals surface area contributed by atoms with Crippen LogP contribution in [0.5, 0.6) is 0 Å². The van der Waals surface area contributed by atoms with E-state index in [2.05, 4.69) is 206 Å². The third-order valence-electron chi connectivity index (χ3n) is 9.06. The van der Waals surface area contributed by atoms with Crippen LogP contribution in [-0.4, -0.2) is 47.2 Å². The van der Waals surface area contributed by atoms with Gasteiger partial charge in [-0.15, -0.1) is 22.7 Å². The number of ether oxygens (including phenoxy) is 1. The van der Waals surface area contributed by atoms with Crippen molar-refractivity contribution in [2.75, 3.05) is 26.7 Å². The molecule has 79 heavy (non-hydrogen) atoms. The molecule has 2 aromatic heterocycles. The summed E-state index contributed by atoms with van der Waals surface area (Å²) in [5.74, 6) is 0. The van der Waals surface area contributed by atoms with Crippen molar-refractivity contribution in [3.8, 4) is 20.9 Å². The Hall–Kier alpha value is -3.09. The molecule has 2 heterocycles. The van der Waals surface area contributed by atoms with Gasteiger partial charge >= 0.3 is 12.4 Å². The van der Waals surface area contributed by atoms with Crippen LogP contribution in [0.1, 0.15) is 177 Å². The van der Waals surface area contributed by atoms with E-state index in [9.17, 15) is 26.3 Å². The van der Waals surface area contributed by atoms with E-state index >= 15 is 0 Å². The van der Waals surface area contributed by atoms with E-state index < -0.39 is 25.8 Å². The van der Waals surface area contributed by atoms with Gasteiger partial charge in [-0.05, 0) is 134 Å². The number of rotatable bonds is 2. The van der Waals surface area contributed by atoms with E-state index in [0.29, 0.717) is 10.8 Å². The Balaban J connectivity index is -0.000000121. The van der Waals surface area contributed by atoms with Crippen LogP contribution in [0.25, 0.3) is 20.9 Å². The average Bonchev–Trinajstić information content (AvgIpc) is 3.95. The molecule has 0 N–H and O–H groups in total. The quantitative estimate of drug-likeness (QED) is 0.0990. The highest BCUT2D eigenvalue weighted by Crippen LogP contribution is 2.49. The lowest BCUT2D eigenvalue weighted by Gasteiger charge is -2.29. The summed E-state index contributed by atoms with van der Waals surface area (Å²) in [6.45, 7) is 45.9. The monoisotopic (exact) mass is 1190 g/mol. The van der Waals surface area contributed by atoms with Gasteiger partial charge in [0.25, 0.3) is 0 Å². The minimum atomic E-state index is -5.24. The van der Waals surface area contributed by atoms with E-state index in [1.54, 1.807) is 26.0 Å². The molecule has 3 aromatic carbocycles. The molecule has 1 aliphatic carbocycles. The number of aryl methyl sites for hydroxylation is 5. The van der Waals surface area contributed by atoms with Crippen LogP contribution < -0.4 is 0 Å². The second-order valence-corrected chi connectivity index (χ2v) is 32.1. The molecule has 6 rings (SSSR count). The lowest BCUT2D eigenvalue weighted by Crippen LogP contribution is -2.44. The fourth-order valence-corrected chi connectivity index (χ4v) is 6.66.